The number of hydrogen-bond acceptors (Lipinski definition) is 2. The van der Waals surface area contributed by atoms with Gasteiger partial charge in [-0.3, -0.25) is 4.79 Å². The van der Waals surface area contributed by atoms with E-state index in [1.54, 1.807) is 18.2 Å². The van der Waals surface area contributed by atoms with Crippen molar-refractivity contribution >= 4 is 22.8 Å². The first kappa shape index (κ1) is 21.2. The highest BCUT2D eigenvalue weighted by atomic mass is 16.4. The smallest absolute Gasteiger partial charge is 0.337 e. The quantitative estimate of drug-likeness (QED) is 0.519. The number of aromatic carboxylic acids is 1. The predicted octanol–water partition coefficient (Wildman–Crippen LogP) is 5.17. The highest BCUT2D eigenvalue weighted by molar-refractivity contribution is 6.04. The minimum absolute atomic E-state index is 0.351. The molecule has 3 N–H and O–H groups in total. The Labute approximate surface area is 182 Å². The third-order valence-electron chi connectivity index (χ3n) is 6.60. The number of carbonyl (C=O) groups is 2. The zero-order valence-corrected chi connectivity index (χ0v) is 18.1. The van der Waals surface area contributed by atoms with Crippen molar-refractivity contribution in [3.05, 3.63) is 70.4 Å². The van der Waals surface area contributed by atoms with Gasteiger partial charge in [-0.25, -0.2) is 4.79 Å². The molecule has 1 unspecified atom stereocenters. The van der Waals surface area contributed by atoms with E-state index in [4.69, 9.17) is 5.73 Å². The Morgan fingerprint density at radius 1 is 1.16 bits per heavy atom. The van der Waals surface area contributed by atoms with Crippen LogP contribution in [0.5, 0.6) is 0 Å². The Morgan fingerprint density at radius 3 is 2.61 bits per heavy atom. The van der Waals surface area contributed by atoms with Crippen LogP contribution in [0.2, 0.25) is 0 Å². The number of nitrogens with zero attached hydrogens (tertiary/aromatic N) is 1. The van der Waals surface area contributed by atoms with Crippen molar-refractivity contribution in [2.45, 2.75) is 58.4 Å². The van der Waals surface area contributed by atoms with E-state index in [0.29, 0.717) is 23.6 Å². The molecule has 5 heteroatoms. The summed E-state index contributed by atoms with van der Waals surface area (Å²) in [7, 11) is 0. The highest BCUT2D eigenvalue weighted by Gasteiger charge is 2.26. The fourth-order valence-corrected chi connectivity index (χ4v) is 5.03. The average Bonchev–Trinajstić information content (AvgIpc) is 2.91. The van der Waals surface area contributed by atoms with Gasteiger partial charge in [0.15, 0.2) is 0 Å². The van der Waals surface area contributed by atoms with Crippen LogP contribution in [-0.2, 0) is 19.4 Å². The van der Waals surface area contributed by atoms with Crippen molar-refractivity contribution in [1.29, 1.82) is 0 Å². The molecule has 31 heavy (non-hydrogen) atoms. The molecule has 4 rings (SSSR count). The molecule has 1 heterocycles. The third-order valence-corrected chi connectivity index (χ3v) is 6.60. The molecule has 1 amide bonds. The number of carboxylic acid groups (broad SMARTS) is 1. The summed E-state index contributed by atoms with van der Waals surface area (Å²) in [6.45, 7) is 2.81. The maximum absolute atomic E-state index is 12.1. The first-order valence-electron chi connectivity index (χ1n) is 11.2. The molecule has 1 aliphatic carbocycles. The van der Waals surface area contributed by atoms with Crippen LogP contribution in [0.15, 0.2) is 42.5 Å². The molecular weight excluding hydrogens is 388 g/mol. The molecule has 1 atom stereocenters. The van der Waals surface area contributed by atoms with Crippen molar-refractivity contribution in [1.82, 2.24) is 4.57 Å². The summed E-state index contributed by atoms with van der Waals surface area (Å²) in [5, 5.41) is 11.0. The van der Waals surface area contributed by atoms with Crippen LogP contribution in [0.25, 0.3) is 10.9 Å². The number of primary amides is 1. The van der Waals surface area contributed by atoms with E-state index in [1.165, 1.54) is 36.9 Å². The van der Waals surface area contributed by atoms with E-state index < -0.39 is 11.9 Å². The number of para-hydroxylation sites is 1. The molecular formula is C26H30N2O3. The molecule has 3 aromatic rings. The summed E-state index contributed by atoms with van der Waals surface area (Å²) in [4.78, 5) is 23.5. The fraction of sp³-hybridized carbons (Fsp3) is 0.385. The molecule has 0 spiro atoms. The van der Waals surface area contributed by atoms with Crippen molar-refractivity contribution < 1.29 is 14.7 Å². The molecule has 0 saturated carbocycles. The van der Waals surface area contributed by atoms with Gasteiger partial charge in [0.1, 0.15) is 0 Å². The van der Waals surface area contributed by atoms with Crippen LogP contribution in [-0.4, -0.2) is 21.6 Å². The van der Waals surface area contributed by atoms with E-state index in [0.717, 1.165) is 35.7 Å². The van der Waals surface area contributed by atoms with Crippen LogP contribution in [0.1, 0.15) is 76.6 Å². The van der Waals surface area contributed by atoms with Crippen LogP contribution in [0.4, 0.5) is 0 Å². The van der Waals surface area contributed by atoms with Crippen LogP contribution < -0.4 is 5.73 Å². The second-order valence-corrected chi connectivity index (χ2v) is 8.68. The molecule has 0 fully saturated rings. The van der Waals surface area contributed by atoms with Gasteiger partial charge in [0, 0.05) is 23.2 Å². The lowest BCUT2D eigenvalue weighted by atomic mass is 9.94. The van der Waals surface area contributed by atoms with Gasteiger partial charge in [0.2, 0.25) is 5.91 Å². The van der Waals surface area contributed by atoms with E-state index in [1.807, 2.05) is 18.2 Å². The first-order valence-corrected chi connectivity index (χ1v) is 11.2. The predicted molar refractivity (Wildman–Crippen MR) is 123 cm³/mol. The number of carboxylic acids is 1. The van der Waals surface area contributed by atoms with Crippen molar-refractivity contribution in [2.24, 2.45) is 11.7 Å². The van der Waals surface area contributed by atoms with Gasteiger partial charge in [0.25, 0.3) is 0 Å². The Kier molecular flexibility index (Phi) is 6.12. The van der Waals surface area contributed by atoms with Gasteiger partial charge in [0.05, 0.1) is 11.1 Å². The van der Waals surface area contributed by atoms with Gasteiger partial charge in [-0.2, -0.15) is 0 Å². The fourth-order valence-electron chi connectivity index (χ4n) is 5.03. The number of benzene rings is 2. The molecule has 0 bridgehead atoms. The summed E-state index contributed by atoms with van der Waals surface area (Å²) in [5.41, 5.74) is 10.6. The Morgan fingerprint density at radius 2 is 1.94 bits per heavy atom. The zero-order valence-electron chi connectivity index (χ0n) is 18.1. The van der Waals surface area contributed by atoms with Gasteiger partial charge >= 0.3 is 5.97 Å². The van der Waals surface area contributed by atoms with Gasteiger partial charge in [-0.1, -0.05) is 50.5 Å². The number of aryl methyl sites for hydroxylation is 1. The largest absolute Gasteiger partial charge is 0.478 e. The van der Waals surface area contributed by atoms with E-state index in [9.17, 15) is 14.7 Å². The third kappa shape index (κ3) is 4.22. The number of nitrogens with two attached hydrogens (primary N) is 1. The number of amides is 1. The SMILES string of the molecule is CCCCC1CCCc2c(n(Cc3ccc(C(N)=O)cc3)c3c(C(=O)O)cccc23)C1. The molecule has 1 aromatic heterocycles. The molecule has 0 aliphatic heterocycles. The highest BCUT2D eigenvalue weighted by Crippen LogP contribution is 2.36. The zero-order chi connectivity index (χ0) is 22.0. The maximum atomic E-state index is 12.1. The lowest BCUT2D eigenvalue weighted by Gasteiger charge is -2.18. The molecule has 2 aromatic carbocycles. The molecule has 0 saturated heterocycles. The van der Waals surface area contributed by atoms with Crippen LogP contribution in [0, 0.1) is 5.92 Å². The standard InChI is InChI=1S/C26H30N2O3/c1-2-3-6-17-7-4-8-20-21-9-5-10-22(26(30)31)24(21)28(23(20)15-17)16-18-11-13-19(14-12-18)25(27)29/h5,9-14,17H,2-4,6-8,15-16H2,1H3,(H2,27,29)(H,30,31). The molecule has 162 valence electrons. The van der Waals surface area contributed by atoms with Gasteiger partial charge < -0.3 is 15.4 Å². The minimum atomic E-state index is -0.897. The monoisotopic (exact) mass is 418 g/mol. The van der Waals surface area contributed by atoms with E-state index >= 15 is 0 Å². The van der Waals surface area contributed by atoms with Crippen molar-refractivity contribution in [3.63, 3.8) is 0 Å². The topological polar surface area (TPSA) is 85.3 Å². The van der Waals surface area contributed by atoms with E-state index in [2.05, 4.69) is 17.6 Å². The van der Waals surface area contributed by atoms with Gasteiger partial charge in [-0.15, -0.1) is 0 Å². The number of carbonyl (C=O) groups excluding carboxylic acids is 1. The second-order valence-electron chi connectivity index (χ2n) is 8.68. The Balaban J connectivity index is 1.84. The number of rotatable bonds is 7. The lowest BCUT2D eigenvalue weighted by molar-refractivity contribution is 0.0698. The summed E-state index contributed by atoms with van der Waals surface area (Å²) < 4.78 is 2.22. The van der Waals surface area contributed by atoms with E-state index in [-0.39, 0.29) is 0 Å². The normalized spacial score (nSPS) is 16.1. The molecule has 0 radical (unpaired) electrons. The summed E-state index contributed by atoms with van der Waals surface area (Å²) in [5.74, 6) is -0.709. The number of aromatic nitrogens is 1. The van der Waals surface area contributed by atoms with Crippen molar-refractivity contribution in [2.75, 3.05) is 0 Å². The summed E-state index contributed by atoms with van der Waals surface area (Å²) in [6, 6.07) is 12.9. The lowest BCUT2D eigenvalue weighted by Crippen LogP contribution is -2.13. The summed E-state index contributed by atoms with van der Waals surface area (Å²) >= 11 is 0. The van der Waals surface area contributed by atoms with Crippen LogP contribution >= 0.6 is 0 Å². The number of unbranched alkanes of at least 4 members (excludes halogenated alkanes) is 1. The minimum Gasteiger partial charge on any atom is -0.478 e. The Hall–Kier alpha value is -3.08. The molecule has 1 aliphatic rings. The number of hydrogen-bond donors (Lipinski definition) is 2. The van der Waals surface area contributed by atoms with Crippen LogP contribution in [0.3, 0.4) is 0 Å². The second kappa shape index (κ2) is 8.96. The average molecular weight is 419 g/mol. The van der Waals surface area contributed by atoms with Crippen molar-refractivity contribution in [3.8, 4) is 0 Å². The number of fused-ring (bicyclic) bond motifs is 3. The van der Waals surface area contributed by atoms with Gasteiger partial charge in [-0.05, 0) is 60.9 Å². The Bertz CT molecular complexity index is 1110. The summed E-state index contributed by atoms with van der Waals surface area (Å²) in [6.07, 6.45) is 7.99. The first-order chi connectivity index (χ1) is 15.0. The maximum Gasteiger partial charge on any atom is 0.337 e. The molecule has 5 nitrogen and oxygen atoms in total.